The number of aromatic nitrogens is 1. The third-order valence-electron chi connectivity index (χ3n) is 3.31. The molecule has 0 N–H and O–H groups in total. The number of pyridine rings is 1. The number of hydrogen-bond donors (Lipinski definition) is 0. The Balaban J connectivity index is 2.55. The van der Waals surface area contributed by atoms with Crippen molar-refractivity contribution in [2.24, 2.45) is 0 Å². The van der Waals surface area contributed by atoms with Gasteiger partial charge in [0, 0.05) is 17.7 Å². The van der Waals surface area contributed by atoms with Crippen molar-refractivity contribution in [2.75, 3.05) is 11.4 Å². The van der Waals surface area contributed by atoms with E-state index >= 15 is 0 Å². The molecule has 0 spiro atoms. The molecule has 1 aromatic carbocycles. The predicted octanol–water partition coefficient (Wildman–Crippen LogP) is 3.90. The van der Waals surface area contributed by atoms with Crippen LogP contribution >= 0.6 is 11.6 Å². The highest BCUT2D eigenvalue weighted by Crippen LogP contribution is 2.25. The van der Waals surface area contributed by atoms with E-state index in [0.29, 0.717) is 23.4 Å². The van der Waals surface area contributed by atoms with E-state index in [9.17, 15) is 9.59 Å². The quantitative estimate of drug-likeness (QED) is 0.475. The van der Waals surface area contributed by atoms with Crippen molar-refractivity contribution in [3.05, 3.63) is 71.0 Å². The molecule has 0 aliphatic heterocycles. The molecule has 0 unspecified atom stereocenters. The summed E-state index contributed by atoms with van der Waals surface area (Å²) < 4.78 is 0. The highest BCUT2D eigenvalue weighted by atomic mass is 35.5. The molecule has 0 saturated carbocycles. The first-order valence-corrected chi connectivity index (χ1v) is 7.57. The van der Waals surface area contributed by atoms with Crippen LogP contribution in [0.5, 0.6) is 0 Å². The normalized spacial score (nSPS) is 10.2. The summed E-state index contributed by atoms with van der Waals surface area (Å²) in [6.07, 6.45) is 0. The second-order valence-corrected chi connectivity index (χ2v) is 5.41. The van der Waals surface area contributed by atoms with Crippen molar-refractivity contribution in [3.63, 3.8) is 0 Å². The van der Waals surface area contributed by atoms with Crippen LogP contribution in [0.3, 0.4) is 0 Å². The van der Waals surface area contributed by atoms with E-state index < -0.39 is 0 Å². The third kappa shape index (κ3) is 3.66. The second kappa shape index (κ2) is 7.20. The van der Waals surface area contributed by atoms with Crippen LogP contribution in [0, 0.1) is 0 Å². The van der Waals surface area contributed by atoms with Crippen molar-refractivity contribution in [1.29, 1.82) is 0 Å². The molecule has 1 amide bonds. The van der Waals surface area contributed by atoms with Crippen LogP contribution in [0.1, 0.15) is 29.9 Å². The van der Waals surface area contributed by atoms with E-state index in [-0.39, 0.29) is 22.5 Å². The van der Waals surface area contributed by atoms with Crippen LogP contribution in [-0.2, 0) is 4.79 Å². The van der Waals surface area contributed by atoms with Gasteiger partial charge < -0.3 is 4.90 Å². The van der Waals surface area contributed by atoms with Gasteiger partial charge in [0.05, 0.1) is 5.69 Å². The van der Waals surface area contributed by atoms with Crippen LogP contribution in [0.25, 0.3) is 0 Å². The summed E-state index contributed by atoms with van der Waals surface area (Å²) in [6, 6.07) is 12.0. The van der Waals surface area contributed by atoms with Gasteiger partial charge in [-0.2, -0.15) is 0 Å². The molecule has 0 radical (unpaired) electrons. The van der Waals surface area contributed by atoms with Crippen LogP contribution in [-0.4, -0.2) is 23.2 Å². The van der Waals surface area contributed by atoms with Crippen molar-refractivity contribution in [2.45, 2.75) is 13.8 Å². The minimum atomic E-state index is -0.281. The van der Waals surface area contributed by atoms with Crippen molar-refractivity contribution >= 4 is 29.0 Å². The first-order valence-electron chi connectivity index (χ1n) is 7.19. The number of likely N-dealkylation sites (N-methyl/N-ethyl adjacent to an activating group) is 1. The maximum absolute atomic E-state index is 12.8. The topological polar surface area (TPSA) is 50.3 Å². The molecule has 0 saturated heterocycles. The Morgan fingerprint density at radius 2 is 1.83 bits per heavy atom. The Hall–Kier alpha value is -2.46. The fourth-order valence-electron chi connectivity index (χ4n) is 2.19. The molecule has 2 aromatic rings. The molecular weight excluding hydrogens is 312 g/mol. The van der Waals surface area contributed by atoms with Gasteiger partial charge in [0.2, 0.25) is 5.78 Å². The molecule has 5 heteroatoms. The van der Waals surface area contributed by atoms with Gasteiger partial charge in [0.25, 0.3) is 5.91 Å². The first kappa shape index (κ1) is 16.9. The Bertz CT molecular complexity index is 757. The Kier molecular flexibility index (Phi) is 5.29. The Morgan fingerprint density at radius 1 is 1.17 bits per heavy atom. The standard InChI is InChI=1S/C18H17ClN2O2/c1-4-21(18(23)12(2)3)14-10-11-15(19)20-16(14)17(22)13-8-6-5-7-9-13/h5-11H,2,4H2,1,3H3. The maximum Gasteiger partial charge on any atom is 0.253 e. The summed E-state index contributed by atoms with van der Waals surface area (Å²) in [5, 5.41) is 0.201. The average Bonchev–Trinajstić information content (AvgIpc) is 2.56. The summed E-state index contributed by atoms with van der Waals surface area (Å²) in [5.74, 6) is -0.533. The lowest BCUT2D eigenvalue weighted by molar-refractivity contribution is -0.115. The molecule has 0 atom stereocenters. The molecule has 23 heavy (non-hydrogen) atoms. The SMILES string of the molecule is C=C(C)C(=O)N(CC)c1ccc(Cl)nc1C(=O)c1ccccc1. The zero-order valence-corrected chi connectivity index (χ0v) is 13.8. The van der Waals surface area contributed by atoms with Gasteiger partial charge in [-0.3, -0.25) is 9.59 Å². The number of carbonyl (C=O) groups excluding carboxylic acids is 2. The number of amides is 1. The molecule has 0 aliphatic rings. The van der Waals surface area contributed by atoms with Crippen LogP contribution in [0.4, 0.5) is 5.69 Å². The lowest BCUT2D eigenvalue weighted by Crippen LogP contribution is -2.32. The molecule has 118 valence electrons. The van der Waals surface area contributed by atoms with Crippen LogP contribution < -0.4 is 4.90 Å². The summed E-state index contributed by atoms with van der Waals surface area (Å²) in [7, 11) is 0. The fraction of sp³-hybridized carbons (Fsp3) is 0.167. The van der Waals surface area contributed by atoms with Crippen molar-refractivity contribution < 1.29 is 9.59 Å². The Morgan fingerprint density at radius 3 is 2.39 bits per heavy atom. The molecule has 1 heterocycles. The van der Waals surface area contributed by atoms with Gasteiger partial charge in [-0.1, -0.05) is 48.5 Å². The van der Waals surface area contributed by atoms with Gasteiger partial charge in [0.1, 0.15) is 10.8 Å². The smallest absolute Gasteiger partial charge is 0.253 e. The van der Waals surface area contributed by atoms with E-state index in [2.05, 4.69) is 11.6 Å². The second-order valence-electron chi connectivity index (χ2n) is 5.03. The lowest BCUT2D eigenvalue weighted by Gasteiger charge is -2.23. The van der Waals surface area contributed by atoms with E-state index in [1.165, 1.54) is 4.90 Å². The number of anilines is 1. The van der Waals surface area contributed by atoms with Gasteiger partial charge in [-0.05, 0) is 26.0 Å². The van der Waals surface area contributed by atoms with Gasteiger partial charge in [-0.25, -0.2) is 4.98 Å². The summed E-state index contributed by atoms with van der Waals surface area (Å²) >= 11 is 5.95. The molecule has 4 nitrogen and oxygen atoms in total. The first-order chi connectivity index (χ1) is 11.0. The minimum absolute atomic E-state index is 0.153. The third-order valence-corrected chi connectivity index (χ3v) is 3.52. The molecule has 0 aliphatic carbocycles. The van der Waals surface area contributed by atoms with E-state index in [4.69, 9.17) is 11.6 Å². The van der Waals surface area contributed by atoms with Gasteiger partial charge in [-0.15, -0.1) is 0 Å². The maximum atomic E-state index is 12.8. The van der Waals surface area contributed by atoms with E-state index in [1.807, 2.05) is 13.0 Å². The highest BCUT2D eigenvalue weighted by molar-refractivity contribution is 6.30. The lowest BCUT2D eigenvalue weighted by atomic mass is 10.1. The van der Waals surface area contributed by atoms with Crippen molar-refractivity contribution in [3.8, 4) is 0 Å². The summed E-state index contributed by atoms with van der Waals surface area (Å²) in [6.45, 7) is 7.53. The monoisotopic (exact) mass is 328 g/mol. The van der Waals surface area contributed by atoms with Gasteiger partial charge in [0.15, 0.2) is 0 Å². The number of carbonyl (C=O) groups is 2. The van der Waals surface area contributed by atoms with E-state index in [0.717, 1.165) is 0 Å². The zero-order chi connectivity index (χ0) is 17.0. The summed E-state index contributed by atoms with van der Waals surface area (Å²) in [4.78, 5) is 30.7. The number of benzene rings is 1. The Labute approximate surface area is 140 Å². The van der Waals surface area contributed by atoms with Crippen molar-refractivity contribution in [1.82, 2.24) is 4.98 Å². The van der Waals surface area contributed by atoms with Gasteiger partial charge >= 0.3 is 0 Å². The molecule has 1 aromatic heterocycles. The molecular formula is C18H17ClN2O2. The van der Waals surface area contributed by atoms with Crippen LogP contribution in [0.2, 0.25) is 5.15 Å². The summed E-state index contributed by atoms with van der Waals surface area (Å²) in [5.41, 5.74) is 1.46. The number of rotatable bonds is 5. The molecule has 2 rings (SSSR count). The number of halogens is 1. The predicted molar refractivity (Wildman–Crippen MR) is 92.0 cm³/mol. The minimum Gasteiger partial charge on any atom is -0.307 e. The van der Waals surface area contributed by atoms with E-state index in [1.54, 1.807) is 43.3 Å². The largest absolute Gasteiger partial charge is 0.307 e. The molecule has 0 fully saturated rings. The average molecular weight is 329 g/mol. The molecule has 0 bridgehead atoms. The number of hydrogen-bond acceptors (Lipinski definition) is 3. The zero-order valence-electron chi connectivity index (χ0n) is 13.0. The number of ketones is 1. The number of nitrogens with zero attached hydrogens (tertiary/aromatic N) is 2. The van der Waals surface area contributed by atoms with Crippen LogP contribution in [0.15, 0.2) is 54.6 Å². The highest BCUT2D eigenvalue weighted by Gasteiger charge is 2.23. The fourth-order valence-corrected chi connectivity index (χ4v) is 2.34.